The molecule has 2 N–H and O–H groups in total. The maximum atomic E-state index is 12.3. The Kier molecular flexibility index (Phi) is 6.89. The summed E-state index contributed by atoms with van der Waals surface area (Å²) in [5.41, 5.74) is 5.78. The summed E-state index contributed by atoms with van der Waals surface area (Å²) in [5.74, 6) is 1.20. The molecule has 0 aliphatic heterocycles. The Hall–Kier alpha value is -3.85. The number of ether oxygens (including phenoxy) is 1. The van der Waals surface area contributed by atoms with Gasteiger partial charge in [-0.2, -0.15) is 9.66 Å². The maximum absolute atomic E-state index is 12.3. The smallest absolute Gasteiger partial charge is 0.439 e. The third-order valence-corrected chi connectivity index (χ3v) is 5.36. The number of likely N-dealkylation sites (N-methyl/N-ethyl adjacent to an activating group) is 1. The number of para-hydroxylation sites is 2. The molecule has 9 nitrogen and oxygen atoms in total. The van der Waals surface area contributed by atoms with Crippen LogP contribution in [0.4, 0.5) is 17.5 Å². The molecule has 2 aromatic heterocycles. The van der Waals surface area contributed by atoms with Crippen molar-refractivity contribution in [1.82, 2.24) is 19.5 Å². The van der Waals surface area contributed by atoms with Crippen LogP contribution >= 0.6 is 0 Å². The van der Waals surface area contributed by atoms with E-state index in [2.05, 4.69) is 39.5 Å². The Bertz CT molecular complexity index is 1260. The van der Waals surface area contributed by atoms with Crippen molar-refractivity contribution in [2.24, 2.45) is 0 Å². The third kappa shape index (κ3) is 5.32. The van der Waals surface area contributed by atoms with Crippen LogP contribution in [0.2, 0.25) is 0 Å². The van der Waals surface area contributed by atoms with E-state index in [-0.39, 0.29) is 0 Å². The second-order valence-electron chi connectivity index (χ2n) is 7.53. The molecule has 33 heavy (non-hydrogen) atoms. The normalized spacial score (nSPS) is 11.2. The van der Waals surface area contributed by atoms with Gasteiger partial charge in [0.15, 0.2) is 11.4 Å². The number of nitrogens with zero attached hydrogens (tertiary/aromatic N) is 4. The SMILES string of the molecule is CCN(CC)CCOc1ccc(Nc2ncc(C)c(Nn3c(=O)oc4ccccc43)n2)cc1. The summed E-state index contributed by atoms with van der Waals surface area (Å²) in [4.78, 5) is 23.5. The number of anilines is 3. The van der Waals surface area contributed by atoms with Gasteiger partial charge in [-0.15, -0.1) is 0 Å². The van der Waals surface area contributed by atoms with E-state index >= 15 is 0 Å². The number of aryl methyl sites for hydroxylation is 1. The summed E-state index contributed by atoms with van der Waals surface area (Å²) in [5, 5.41) is 3.19. The Morgan fingerprint density at radius 2 is 1.85 bits per heavy atom. The maximum Gasteiger partial charge on any atom is 0.439 e. The zero-order valence-electron chi connectivity index (χ0n) is 19.0. The highest BCUT2D eigenvalue weighted by molar-refractivity contribution is 5.73. The van der Waals surface area contributed by atoms with Crippen LogP contribution in [-0.2, 0) is 0 Å². The molecule has 0 fully saturated rings. The molecule has 0 atom stereocenters. The van der Waals surface area contributed by atoms with Crippen molar-refractivity contribution in [1.29, 1.82) is 0 Å². The minimum atomic E-state index is -0.514. The van der Waals surface area contributed by atoms with Crippen molar-refractivity contribution in [2.45, 2.75) is 20.8 Å². The molecule has 0 bridgehead atoms. The lowest BCUT2D eigenvalue weighted by Crippen LogP contribution is -2.27. The van der Waals surface area contributed by atoms with Gasteiger partial charge < -0.3 is 19.4 Å². The van der Waals surface area contributed by atoms with E-state index in [1.807, 2.05) is 43.3 Å². The fraction of sp³-hybridized carbons (Fsp3) is 0.292. The Balaban J connectivity index is 1.44. The Labute approximate surface area is 192 Å². The fourth-order valence-electron chi connectivity index (χ4n) is 3.39. The summed E-state index contributed by atoms with van der Waals surface area (Å²) in [6, 6.07) is 14.8. The molecule has 0 saturated heterocycles. The molecule has 2 aromatic carbocycles. The number of oxazole rings is 1. The van der Waals surface area contributed by atoms with Crippen molar-refractivity contribution >= 4 is 28.6 Å². The Morgan fingerprint density at radius 1 is 1.09 bits per heavy atom. The molecule has 0 aliphatic carbocycles. The third-order valence-electron chi connectivity index (χ3n) is 5.36. The van der Waals surface area contributed by atoms with E-state index in [1.165, 1.54) is 4.68 Å². The van der Waals surface area contributed by atoms with Crippen LogP contribution in [0.3, 0.4) is 0 Å². The fourth-order valence-corrected chi connectivity index (χ4v) is 3.39. The largest absolute Gasteiger partial charge is 0.492 e. The van der Waals surface area contributed by atoms with Gasteiger partial charge in [-0.3, -0.25) is 5.43 Å². The summed E-state index contributed by atoms with van der Waals surface area (Å²) in [7, 11) is 0. The van der Waals surface area contributed by atoms with Crippen molar-refractivity contribution in [2.75, 3.05) is 37.0 Å². The zero-order chi connectivity index (χ0) is 23.2. The molecule has 172 valence electrons. The van der Waals surface area contributed by atoms with Gasteiger partial charge in [0, 0.05) is 24.0 Å². The minimum Gasteiger partial charge on any atom is -0.492 e. The van der Waals surface area contributed by atoms with Gasteiger partial charge >= 0.3 is 5.76 Å². The first-order valence-electron chi connectivity index (χ1n) is 11.0. The lowest BCUT2D eigenvalue weighted by molar-refractivity contribution is 0.223. The molecule has 4 aromatic rings. The second-order valence-corrected chi connectivity index (χ2v) is 7.53. The average molecular weight is 449 g/mol. The molecule has 0 amide bonds. The number of hydrogen-bond acceptors (Lipinski definition) is 8. The zero-order valence-corrected chi connectivity index (χ0v) is 19.0. The number of benzene rings is 2. The molecular formula is C24H28N6O3. The molecule has 0 spiro atoms. The van der Waals surface area contributed by atoms with Crippen LogP contribution < -0.4 is 21.2 Å². The van der Waals surface area contributed by atoms with Crippen molar-refractivity contribution in [3.63, 3.8) is 0 Å². The van der Waals surface area contributed by atoms with Gasteiger partial charge in [0.2, 0.25) is 5.95 Å². The van der Waals surface area contributed by atoms with Gasteiger partial charge in [-0.1, -0.05) is 26.0 Å². The number of aromatic nitrogens is 3. The molecule has 4 rings (SSSR count). The molecule has 0 unspecified atom stereocenters. The van der Waals surface area contributed by atoms with E-state index in [0.717, 1.165) is 36.6 Å². The average Bonchev–Trinajstić information content (AvgIpc) is 3.15. The number of nitrogens with one attached hydrogen (secondary N) is 2. The van der Waals surface area contributed by atoms with Crippen LogP contribution in [0.5, 0.6) is 5.75 Å². The van der Waals surface area contributed by atoms with Crippen molar-refractivity contribution in [3.8, 4) is 5.75 Å². The lowest BCUT2D eigenvalue weighted by atomic mass is 10.3. The van der Waals surface area contributed by atoms with E-state index in [1.54, 1.807) is 18.3 Å². The van der Waals surface area contributed by atoms with Crippen molar-refractivity contribution < 1.29 is 9.15 Å². The van der Waals surface area contributed by atoms with E-state index < -0.39 is 5.76 Å². The van der Waals surface area contributed by atoms with E-state index in [0.29, 0.717) is 29.5 Å². The second kappa shape index (κ2) is 10.2. The summed E-state index contributed by atoms with van der Waals surface area (Å²) < 4.78 is 12.4. The first-order chi connectivity index (χ1) is 16.1. The van der Waals surface area contributed by atoms with Crippen LogP contribution in [0, 0.1) is 6.92 Å². The van der Waals surface area contributed by atoms with E-state index in [4.69, 9.17) is 9.15 Å². The molecule has 0 radical (unpaired) electrons. The monoisotopic (exact) mass is 448 g/mol. The quantitative estimate of drug-likeness (QED) is 0.375. The van der Waals surface area contributed by atoms with Crippen LogP contribution in [0.15, 0.2) is 63.9 Å². The van der Waals surface area contributed by atoms with Gasteiger partial charge in [-0.25, -0.2) is 9.78 Å². The van der Waals surface area contributed by atoms with Gasteiger partial charge in [-0.05, 0) is 56.4 Å². The summed E-state index contributed by atoms with van der Waals surface area (Å²) >= 11 is 0. The van der Waals surface area contributed by atoms with Crippen LogP contribution in [0.1, 0.15) is 19.4 Å². The molecule has 2 heterocycles. The molecule has 0 aliphatic rings. The standard InChI is InChI=1S/C24H28N6O3/c1-4-29(5-2)14-15-32-19-12-10-18(11-13-19)26-23-25-16-17(3)22(27-23)28-30-20-8-6-7-9-21(20)33-24(30)31/h6-13,16H,4-5,14-15H2,1-3H3,(H2,25,26,27,28). The summed E-state index contributed by atoms with van der Waals surface area (Å²) in [6.45, 7) is 9.73. The molecular weight excluding hydrogens is 420 g/mol. The number of fused-ring (bicyclic) bond motifs is 1. The predicted molar refractivity (Wildman–Crippen MR) is 129 cm³/mol. The summed E-state index contributed by atoms with van der Waals surface area (Å²) in [6.07, 6.45) is 1.69. The van der Waals surface area contributed by atoms with Gasteiger partial charge in [0.25, 0.3) is 0 Å². The number of rotatable bonds is 10. The van der Waals surface area contributed by atoms with Crippen molar-refractivity contribution in [3.05, 3.63) is 70.8 Å². The predicted octanol–water partition coefficient (Wildman–Crippen LogP) is 4.03. The van der Waals surface area contributed by atoms with Crippen LogP contribution in [0.25, 0.3) is 11.1 Å². The first-order valence-corrected chi connectivity index (χ1v) is 11.0. The Morgan fingerprint density at radius 3 is 2.61 bits per heavy atom. The highest BCUT2D eigenvalue weighted by atomic mass is 16.5. The highest BCUT2D eigenvalue weighted by Gasteiger charge is 2.11. The first kappa shape index (κ1) is 22.3. The topological polar surface area (TPSA) is 97.5 Å². The van der Waals surface area contributed by atoms with Crippen LogP contribution in [-0.4, -0.2) is 45.8 Å². The highest BCUT2D eigenvalue weighted by Crippen LogP contribution is 2.21. The minimum absolute atomic E-state index is 0.402. The van der Waals surface area contributed by atoms with Gasteiger partial charge in [0.1, 0.15) is 17.9 Å². The molecule has 9 heteroatoms. The lowest BCUT2D eigenvalue weighted by Gasteiger charge is -2.18. The molecule has 0 saturated carbocycles. The number of hydrogen-bond donors (Lipinski definition) is 2. The van der Waals surface area contributed by atoms with Gasteiger partial charge in [0.05, 0.1) is 0 Å². The van der Waals surface area contributed by atoms with E-state index in [9.17, 15) is 4.79 Å².